The minimum absolute atomic E-state index is 0.154. The van der Waals surface area contributed by atoms with Crippen molar-refractivity contribution in [3.05, 3.63) is 35.4 Å². The molecule has 2 amide bonds. The number of carboxylic acids is 1. The quantitative estimate of drug-likeness (QED) is 0.744. The maximum absolute atomic E-state index is 11.6. The van der Waals surface area contributed by atoms with Gasteiger partial charge < -0.3 is 15.7 Å². The summed E-state index contributed by atoms with van der Waals surface area (Å²) in [6.07, 6.45) is 3.01. The molecule has 108 valence electrons. The van der Waals surface area contributed by atoms with E-state index in [1.807, 2.05) is 13.0 Å². The minimum Gasteiger partial charge on any atom is -0.478 e. The molecule has 0 heterocycles. The zero-order chi connectivity index (χ0) is 14.5. The molecule has 1 aliphatic rings. The SMILES string of the molecule is CC(NC(=O)NCCc1cccc(C(=O)O)c1)C1CC1. The number of amides is 2. The average Bonchev–Trinajstić information content (AvgIpc) is 3.23. The molecule has 5 heteroatoms. The van der Waals surface area contributed by atoms with Crippen LogP contribution in [0.5, 0.6) is 0 Å². The van der Waals surface area contributed by atoms with Gasteiger partial charge in [-0.3, -0.25) is 0 Å². The summed E-state index contributed by atoms with van der Waals surface area (Å²) in [4.78, 5) is 22.5. The van der Waals surface area contributed by atoms with Crippen LogP contribution in [0.1, 0.15) is 35.7 Å². The van der Waals surface area contributed by atoms with Gasteiger partial charge >= 0.3 is 12.0 Å². The van der Waals surface area contributed by atoms with Crippen LogP contribution in [0, 0.1) is 5.92 Å². The van der Waals surface area contributed by atoms with Gasteiger partial charge in [-0.05, 0) is 49.8 Å². The highest BCUT2D eigenvalue weighted by Gasteiger charge is 2.28. The summed E-state index contributed by atoms with van der Waals surface area (Å²) < 4.78 is 0. The van der Waals surface area contributed by atoms with Crippen molar-refractivity contribution in [3.63, 3.8) is 0 Å². The molecule has 1 aromatic carbocycles. The fourth-order valence-corrected chi connectivity index (χ4v) is 2.15. The molecule has 20 heavy (non-hydrogen) atoms. The molecule has 1 saturated carbocycles. The molecule has 0 radical (unpaired) electrons. The first kappa shape index (κ1) is 14.4. The van der Waals surface area contributed by atoms with Crippen LogP contribution in [0.4, 0.5) is 4.79 Å². The Hall–Kier alpha value is -2.04. The normalized spacial score (nSPS) is 15.4. The van der Waals surface area contributed by atoms with Crippen molar-refractivity contribution in [2.24, 2.45) is 5.92 Å². The van der Waals surface area contributed by atoms with E-state index >= 15 is 0 Å². The lowest BCUT2D eigenvalue weighted by Crippen LogP contribution is -2.42. The number of hydrogen-bond acceptors (Lipinski definition) is 2. The number of nitrogens with one attached hydrogen (secondary N) is 2. The Kier molecular flexibility index (Phi) is 4.61. The average molecular weight is 276 g/mol. The van der Waals surface area contributed by atoms with Crippen LogP contribution in [0.15, 0.2) is 24.3 Å². The van der Waals surface area contributed by atoms with E-state index in [0.717, 1.165) is 5.56 Å². The van der Waals surface area contributed by atoms with Gasteiger partial charge in [-0.1, -0.05) is 12.1 Å². The first-order chi connectivity index (χ1) is 9.56. The van der Waals surface area contributed by atoms with Gasteiger partial charge in [-0.2, -0.15) is 0 Å². The van der Waals surface area contributed by atoms with E-state index in [1.54, 1.807) is 18.2 Å². The zero-order valence-corrected chi connectivity index (χ0v) is 11.6. The zero-order valence-electron chi connectivity index (χ0n) is 11.6. The van der Waals surface area contributed by atoms with E-state index in [2.05, 4.69) is 10.6 Å². The van der Waals surface area contributed by atoms with E-state index in [-0.39, 0.29) is 17.6 Å². The highest BCUT2D eigenvalue weighted by atomic mass is 16.4. The van der Waals surface area contributed by atoms with Gasteiger partial charge in [0.05, 0.1) is 5.56 Å². The molecule has 1 atom stereocenters. The summed E-state index contributed by atoms with van der Waals surface area (Å²) in [6, 6.07) is 6.84. The monoisotopic (exact) mass is 276 g/mol. The molecule has 0 spiro atoms. The van der Waals surface area contributed by atoms with Gasteiger partial charge in [0.15, 0.2) is 0 Å². The molecular weight excluding hydrogens is 256 g/mol. The fourth-order valence-electron chi connectivity index (χ4n) is 2.15. The Labute approximate surface area is 118 Å². The maximum Gasteiger partial charge on any atom is 0.335 e. The van der Waals surface area contributed by atoms with Gasteiger partial charge in [-0.15, -0.1) is 0 Å². The van der Waals surface area contributed by atoms with Crippen LogP contribution in [-0.4, -0.2) is 29.7 Å². The van der Waals surface area contributed by atoms with Crippen molar-refractivity contribution < 1.29 is 14.7 Å². The van der Waals surface area contributed by atoms with Crippen LogP contribution in [0.2, 0.25) is 0 Å². The third-order valence-corrected chi connectivity index (χ3v) is 3.56. The largest absolute Gasteiger partial charge is 0.478 e. The van der Waals surface area contributed by atoms with Crippen molar-refractivity contribution in [2.75, 3.05) is 6.54 Å². The van der Waals surface area contributed by atoms with Crippen LogP contribution >= 0.6 is 0 Å². The highest BCUT2D eigenvalue weighted by molar-refractivity contribution is 5.87. The number of aromatic carboxylic acids is 1. The highest BCUT2D eigenvalue weighted by Crippen LogP contribution is 2.32. The molecular formula is C15H20N2O3. The lowest BCUT2D eigenvalue weighted by Gasteiger charge is -2.13. The number of urea groups is 1. The molecule has 0 saturated heterocycles. The summed E-state index contributed by atoms with van der Waals surface area (Å²) in [6.45, 7) is 2.51. The van der Waals surface area contributed by atoms with Gasteiger partial charge in [0.1, 0.15) is 0 Å². The number of benzene rings is 1. The Morgan fingerprint density at radius 3 is 2.80 bits per heavy atom. The summed E-state index contributed by atoms with van der Waals surface area (Å²) in [5.41, 5.74) is 1.18. The van der Waals surface area contributed by atoms with E-state index < -0.39 is 5.97 Å². The van der Waals surface area contributed by atoms with Crippen LogP contribution < -0.4 is 10.6 Å². The second-order valence-corrected chi connectivity index (χ2v) is 5.28. The molecule has 3 N–H and O–H groups in total. The summed E-state index contributed by atoms with van der Waals surface area (Å²) in [5, 5.41) is 14.6. The van der Waals surface area contributed by atoms with Gasteiger partial charge in [0.25, 0.3) is 0 Å². The number of carboxylic acid groups (broad SMARTS) is 1. The molecule has 0 aromatic heterocycles. The number of rotatable bonds is 6. The summed E-state index contributed by atoms with van der Waals surface area (Å²) >= 11 is 0. The van der Waals surface area contributed by atoms with E-state index in [0.29, 0.717) is 18.9 Å². The third-order valence-electron chi connectivity index (χ3n) is 3.56. The van der Waals surface area contributed by atoms with Crippen molar-refractivity contribution in [1.82, 2.24) is 10.6 Å². The molecule has 1 aromatic rings. The standard InChI is InChI=1S/C15H20N2O3/c1-10(12-5-6-12)17-15(20)16-8-7-11-3-2-4-13(9-11)14(18)19/h2-4,9-10,12H,5-8H2,1H3,(H,18,19)(H2,16,17,20). The smallest absolute Gasteiger partial charge is 0.335 e. The van der Waals surface area contributed by atoms with E-state index in [1.165, 1.54) is 12.8 Å². The molecule has 1 unspecified atom stereocenters. The summed E-state index contributed by atoms with van der Waals surface area (Å²) in [7, 11) is 0. The van der Waals surface area contributed by atoms with E-state index in [4.69, 9.17) is 5.11 Å². The fraction of sp³-hybridized carbons (Fsp3) is 0.467. The second kappa shape index (κ2) is 6.41. The molecule has 0 bridgehead atoms. The van der Waals surface area contributed by atoms with Gasteiger partial charge in [0, 0.05) is 12.6 Å². The van der Waals surface area contributed by atoms with Crippen molar-refractivity contribution in [1.29, 1.82) is 0 Å². The predicted octanol–water partition coefficient (Wildman–Crippen LogP) is 2.02. The lowest BCUT2D eigenvalue weighted by molar-refractivity contribution is 0.0696. The van der Waals surface area contributed by atoms with Gasteiger partial charge in [0.2, 0.25) is 0 Å². The van der Waals surface area contributed by atoms with E-state index in [9.17, 15) is 9.59 Å². The first-order valence-corrected chi connectivity index (χ1v) is 6.93. The molecule has 2 rings (SSSR count). The van der Waals surface area contributed by atoms with Crippen LogP contribution in [0.3, 0.4) is 0 Å². The Morgan fingerprint density at radius 1 is 1.40 bits per heavy atom. The third kappa shape index (κ3) is 4.26. The Balaban J connectivity index is 1.73. The van der Waals surface area contributed by atoms with Gasteiger partial charge in [-0.25, -0.2) is 9.59 Å². The number of hydrogen-bond donors (Lipinski definition) is 3. The van der Waals surface area contributed by atoms with Crippen molar-refractivity contribution in [2.45, 2.75) is 32.2 Å². The summed E-state index contributed by atoms with van der Waals surface area (Å²) in [5.74, 6) is -0.302. The second-order valence-electron chi connectivity index (χ2n) is 5.28. The molecule has 1 fully saturated rings. The van der Waals surface area contributed by atoms with Crippen LogP contribution in [0.25, 0.3) is 0 Å². The topological polar surface area (TPSA) is 78.4 Å². The first-order valence-electron chi connectivity index (χ1n) is 6.93. The number of carbonyl (C=O) groups is 2. The minimum atomic E-state index is -0.934. The molecule has 0 aliphatic heterocycles. The maximum atomic E-state index is 11.6. The molecule has 5 nitrogen and oxygen atoms in total. The predicted molar refractivity (Wildman–Crippen MR) is 75.8 cm³/mol. The Morgan fingerprint density at radius 2 is 2.15 bits per heavy atom. The Bertz CT molecular complexity index is 498. The van der Waals surface area contributed by atoms with Crippen LogP contribution in [-0.2, 0) is 6.42 Å². The lowest BCUT2D eigenvalue weighted by atomic mass is 10.1. The van der Waals surface area contributed by atoms with Crippen molar-refractivity contribution >= 4 is 12.0 Å². The molecule has 1 aliphatic carbocycles. The van der Waals surface area contributed by atoms with Crippen molar-refractivity contribution in [3.8, 4) is 0 Å². The number of carbonyl (C=O) groups excluding carboxylic acids is 1.